The van der Waals surface area contributed by atoms with Crippen molar-refractivity contribution in [2.24, 2.45) is 28.7 Å². The van der Waals surface area contributed by atoms with Gasteiger partial charge in [0.25, 0.3) is 0 Å². The van der Waals surface area contributed by atoms with Gasteiger partial charge in [0.2, 0.25) is 5.88 Å². The van der Waals surface area contributed by atoms with Gasteiger partial charge in [-0.3, -0.25) is 0 Å². The maximum absolute atomic E-state index is 13.1. The van der Waals surface area contributed by atoms with E-state index in [2.05, 4.69) is 28.9 Å². The second kappa shape index (κ2) is 9.27. The average molecular weight is 326 g/mol. The van der Waals surface area contributed by atoms with E-state index in [1.165, 1.54) is 7.11 Å². The quantitative estimate of drug-likeness (QED) is 0.428. The first kappa shape index (κ1) is 19.1. The highest BCUT2D eigenvalue weighted by Crippen LogP contribution is 2.29. The Kier molecular flexibility index (Phi) is 7.71. The van der Waals surface area contributed by atoms with Gasteiger partial charge in [-0.25, -0.2) is 9.37 Å². The summed E-state index contributed by atoms with van der Waals surface area (Å²) in [4.78, 5) is 8.34. The zero-order valence-electron chi connectivity index (χ0n) is 14.5. The SMILES string of the molecule is COc1ncc(CC(CC(C)C)C(C)/C(CF)=N\N)c(OC)n1. The molecule has 0 saturated carbocycles. The van der Waals surface area contributed by atoms with Crippen molar-refractivity contribution >= 4 is 5.71 Å². The van der Waals surface area contributed by atoms with Crippen LogP contribution in [0.2, 0.25) is 0 Å². The second-order valence-electron chi connectivity index (χ2n) is 6.03. The normalized spacial score (nSPS) is 14.7. The first-order chi connectivity index (χ1) is 11.0. The van der Waals surface area contributed by atoms with Crippen LogP contribution in [0.1, 0.15) is 32.8 Å². The van der Waals surface area contributed by atoms with E-state index in [-0.39, 0.29) is 17.8 Å². The molecular formula is C16H27FN4O2. The number of alkyl halides is 1. The van der Waals surface area contributed by atoms with Gasteiger partial charge in [-0.2, -0.15) is 10.1 Å². The number of nitrogens with zero attached hydrogens (tertiary/aromatic N) is 3. The van der Waals surface area contributed by atoms with Gasteiger partial charge in [0, 0.05) is 17.7 Å². The molecule has 0 amide bonds. The van der Waals surface area contributed by atoms with E-state index in [4.69, 9.17) is 15.3 Å². The van der Waals surface area contributed by atoms with Gasteiger partial charge in [0.15, 0.2) is 0 Å². The number of halogens is 1. The molecule has 23 heavy (non-hydrogen) atoms. The summed E-state index contributed by atoms with van der Waals surface area (Å²) in [5, 5.41) is 3.61. The zero-order chi connectivity index (χ0) is 17.4. The smallest absolute Gasteiger partial charge is 0.319 e. The molecule has 6 nitrogen and oxygen atoms in total. The van der Waals surface area contributed by atoms with Gasteiger partial charge in [-0.15, -0.1) is 0 Å². The Morgan fingerprint density at radius 3 is 2.48 bits per heavy atom. The van der Waals surface area contributed by atoms with Crippen molar-refractivity contribution in [2.45, 2.75) is 33.6 Å². The maximum atomic E-state index is 13.1. The standard InChI is InChI=1S/C16H27FN4O2/c1-10(2)6-12(11(3)14(8-17)21-18)7-13-9-19-16(23-5)20-15(13)22-4/h9-12H,6-8,18H2,1-5H3/b21-14-. The molecule has 7 heteroatoms. The van der Waals surface area contributed by atoms with E-state index in [9.17, 15) is 4.39 Å². The molecule has 2 unspecified atom stereocenters. The molecule has 1 aromatic rings. The summed E-state index contributed by atoms with van der Waals surface area (Å²) in [6.45, 7) is 5.59. The molecular weight excluding hydrogens is 299 g/mol. The molecule has 0 aliphatic rings. The molecule has 1 rings (SSSR count). The lowest BCUT2D eigenvalue weighted by Crippen LogP contribution is -2.27. The molecule has 1 heterocycles. The highest BCUT2D eigenvalue weighted by molar-refractivity contribution is 5.87. The molecule has 0 saturated heterocycles. The number of aromatic nitrogens is 2. The molecule has 130 valence electrons. The van der Waals surface area contributed by atoms with Crippen LogP contribution in [0.15, 0.2) is 11.3 Å². The van der Waals surface area contributed by atoms with Crippen LogP contribution >= 0.6 is 0 Å². The lowest BCUT2D eigenvalue weighted by molar-refractivity contribution is 0.326. The molecule has 2 atom stereocenters. The fourth-order valence-electron chi connectivity index (χ4n) is 2.69. The van der Waals surface area contributed by atoms with Crippen molar-refractivity contribution in [3.05, 3.63) is 11.8 Å². The highest BCUT2D eigenvalue weighted by Gasteiger charge is 2.25. The minimum absolute atomic E-state index is 0.0702. The monoisotopic (exact) mass is 326 g/mol. The van der Waals surface area contributed by atoms with Gasteiger partial charge < -0.3 is 15.3 Å². The predicted octanol–water partition coefficient (Wildman–Crippen LogP) is 2.62. The predicted molar refractivity (Wildman–Crippen MR) is 88.5 cm³/mol. The van der Waals surface area contributed by atoms with Crippen LogP contribution in [0.3, 0.4) is 0 Å². The van der Waals surface area contributed by atoms with Gasteiger partial charge in [-0.05, 0) is 24.7 Å². The molecule has 0 aliphatic carbocycles. The van der Waals surface area contributed by atoms with E-state index >= 15 is 0 Å². The third kappa shape index (κ3) is 5.33. The lowest BCUT2D eigenvalue weighted by Gasteiger charge is -2.26. The molecule has 0 aromatic carbocycles. The summed E-state index contributed by atoms with van der Waals surface area (Å²) in [6, 6.07) is 0.257. The first-order valence-corrected chi connectivity index (χ1v) is 7.73. The highest BCUT2D eigenvalue weighted by atomic mass is 19.1. The largest absolute Gasteiger partial charge is 0.481 e. The van der Waals surface area contributed by atoms with E-state index < -0.39 is 6.67 Å². The van der Waals surface area contributed by atoms with Crippen molar-refractivity contribution in [1.29, 1.82) is 0 Å². The number of hydrogen-bond donors (Lipinski definition) is 1. The summed E-state index contributed by atoms with van der Waals surface area (Å²) < 4.78 is 23.5. The van der Waals surface area contributed by atoms with E-state index in [1.54, 1.807) is 13.3 Å². The van der Waals surface area contributed by atoms with Gasteiger partial charge in [0.1, 0.15) is 6.67 Å². The maximum Gasteiger partial charge on any atom is 0.319 e. The van der Waals surface area contributed by atoms with Gasteiger partial charge in [0.05, 0.1) is 19.9 Å². The lowest BCUT2D eigenvalue weighted by atomic mass is 9.80. The number of hydrazone groups is 1. The Morgan fingerprint density at radius 2 is 2.00 bits per heavy atom. The number of hydrogen-bond acceptors (Lipinski definition) is 6. The topological polar surface area (TPSA) is 82.6 Å². The Labute approximate surface area is 137 Å². The summed E-state index contributed by atoms with van der Waals surface area (Å²) in [7, 11) is 3.06. The Balaban J connectivity index is 3.06. The van der Waals surface area contributed by atoms with Gasteiger partial charge in [-0.1, -0.05) is 20.8 Å². The fraction of sp³-hybridized carbons (Fsp3) is 0.688. The zero-order valence-corrected chi connectivity index (χ0v) is 14.5. The number of nitrogens with two attached hydrogens (primary N) is 1. The number of methoxy groups -OCH3 is 2. The van der Waals surface area contributed by atoms with Crippen molar-refractivity contribution in [3.8, 4) is 11.9 Å². The van der Waals surface area contributed by atoms with E-state index in [0.717, 1.165) is 12.0 Å². The molecule has 0 bridgehead atoms. The molecule has 0 fully saturated rings. The first-order valence-electron chi connectivity index (χ1n) is 7.73. The minimum Gasteiger partial charge on any atom is -0.481 e. The van der Waals surface area contributed by atoms with Crippen LogP contribution in [0.25, 0.3) is 0 Å². The van der Waals surface area contributed by atoms with Crippen molar-refractivity contribution in [1.82, 2.24) is 9.97 Å². The van der Waals surface area contributed by atoms with Crippen LogP contribution in [0, 0.1) is 17.8 Å². The van der Waals surface area contributed by atoms with Crippen molar-refractivity contribution in [3.63, 3.8) is 0 Å². The molecule has 0 spiro atoms. The third-order valence-electron chi connectivity index (χ3n) is 3.97. The summed E-state index contributed by atoms with van der Waals surface area (Å²) in [6.07, 6.45) is 3.26. The summed E-state index contributed by atoms with van der Waals surface area (Å²) in [5.74, 6) is 6.36. The van der Waals surface area contributed by atoms with Crippen molar-refractivity contribution in [2.75, 3.05) is 20.9 Å². The summed E-state index contributed by atoms with van der Waals surface area (Å²) >= 11 is 0. The Hall–Kier alpha value is -1.92. The van der Waals surface area contributed by atoms with Crippen LogP contribution in [0.4, 0.5) is 4.39 Å². The number of ether oxygens (including phenoxy) is 2. The minimum atomic E-state index is -0.636. The van der Waals surface area contributed by atoms with E-state index in [1.807, 2.05) is 6.92 Å². The molecule has 0 radical (unpaired) electrons. The molecule has 0 aliphatic heterocycles. The van der Waals surface area contributed by atoms with Crippen LogP contribution in [-0.2, 0) is 6.42 Å². The Bertz CT molecular complexity index is 523. The van der Waals surface area contributed by atoms with Crippen LogP contribution < -0.4 is 15.3 Å². The molecule has 1 aromatic heterocycles. The van der Waals surface area contributed by atoms with Crippen LogP contribution in [0.5, 0.6) is 11.9 Å². The fourth-order valence-corrected chi connectivity index (χ4v) is 2.69. The van der Waals surface area contributed by atoms with Gasteiger partial charge >= 0.3 is 6.01 Å². The Morgan fingerprint density at radius 1 is 1.30 bits per heavy atom. The molecule has 2 N–H and O–H groups in total. The number of rotatable bonds is 9. The second-order valence-corrected chi connectivity index (χ2v) is 6.03. The van der Waals surface area contributed by atoms with E-state index in [0.29, 0.717) is 23.9 Å². The van der Waals surface area contributed by atoms with Crippen molar-refractivity contribution < 1.29 is 13.9 Å². The van der Waals surface area contributed by atoms with Crippen LogP contribution in [-0.4, -0.2) is 36.6 Å². The average Bonchev–Trinajstić information content (AvgIpc) is 2.55. The third-order valence-corrected chi connectivity index (χ3v) is 3.97. The summed E-state index contributed by atoms with van der Waals surface area (Å²) in [5.41, 5.74) is 1.24.